The van der Waals surface area contributed by atoms with E-state index in [4.69, 9.17) is 4.74 Å². The molecule has 0 unspecified atom stereocenters. The lowest BCUT2D eigenvalue weighted by Gasteiger charge is -2.25. The molecule has 3 rings (SSSR count). The number of ether oxygens (including phenoxy) is 1. The molecule has 0 saturated carbocycles. The summed E-state index contributed by atoms with van der Waals surface area (Å²) in [5.41, 5.74) is 3.49. The van der Waals surface area contributed by atoms with E-state index in [1.807, 2.05) is 24.2 Å². The molecule has 3 heteroatoms. The molecule has 0 radical (unpaired) electrons. The number of benzene rings is 2. The Balaban J connectivity index is 2.43. The molecule has 18 heavy (non-hydrogen) atoms. The minimum atomic E-state index is 0.918. The van der Waals surface area contributed by atoms with Crippen molar-refractivity contribution >= 4 is 22.2 Å². The average molecular weight is 240 g/mol. The Kier molecular flexibility index (Phi) is 2.47. The van der Waals surface area contributed by atoms with Gasteiger partial charge in [-0.05, 0) is 24.6 Å². The van der Waals surface area contributed by atoms with Crippen molar-refractivity contribution in [1.82, 2.24) is 0 Å². The quantitative estimate of drug-likeness (QED) is 0.803. The van der Waals surface area contributed by atoms with Crippen molar-refractivity contribution in [3.05, 3.63) is 35.9 Å². The van der Waals surface area contributed by atoms with Gasteiger partial charge >= 0.3 is 0 Å². The molecule has 0 bridgehead atoms. The Morgan fingerprint density at radius 1 is 1.22 bits per heavy atom. The maximum atomic E-state index is 5.45. The lowest BCUT2D eigenvalue weighted by molar-refractivity contribution is 0.420. The third-order valence-electron chi connectivity index (χ3n) is 3.46. The zero-order valence-corrected chi connectivity index (χ0v) is 10.9. The van der Waals surface area contributed by atoms with Crippen LogP contribution in [0.2, 0.25) is 0 Å². The number of anilines is 1. The molecule has 0 spiro atoms. The molecule has 2 aromatic rings. The van der Waals surface area contributed by atoms with Crippen molar-refractivity contribution in [2.24, 2.45) is 5.10 Å². The van der Waals surface area contributed by atoms with Crippen LogP contribution in [0.3, 0.4) is 0 Å². The van der Waals surface area contributed by atoms with Crippen LogP contribution in [0, 0.1) is 0 Å². The predicted octanol–water partition coefficient (Wildman–Crippen LogP) is 3.41. The lowest BCUT2D eigenvalue weighted by atomic mass is 9.96. The maximum absolute atomic E-state index is 5.45. The maximum Gasteiger partial charge on any atom is 0.126 e. The highest BCUT2D eigenvalue weighted by atomic mass is 16.5. The topological polar surface area (TPSA) is 24.8 Å². The molecule has 2 aromatic carbocycles. The van der Waals surface area contributed by atoms with Crippen LogP contribution in [0.25, 0.3) is 10.8 Å². The summed E-state index contributed by atoms with van der Waals surface area (Å²) in [5, 5.41) is 8.98. The van der Waals surface area contributed by atoms with Gasteiger partial charge in [-0.2, -0.15) is 5.10 Å². The van der Waals surface area contributed by atoms with E-state index in [1.165, 1.54) is 10.9 Å². The average Bonchev–Trinajstić information content (AvgIpc) is 2.42. The smallest absolute Gasteiger partial charge is 0.126 e. The van der Waals surface area contributed by atoms with Crippen LogP contribution in [0.4, 0.5) is 5.69 Å². The van der Waals surface area contributed by atoms with Crippen LogP contribution in [-0.4, -0.2) is 19.9 Å². The van der Waals surface area contributed by atoms with Crippen molar-refractivity contribution in [1.29, 1.82) is 0 Å². The second-order valence-electron chi connectivity index (χ2n) is 4.44. The van der Waals surface area contributed by atoms with Gasteiger partial charge in [-0.3, -0.25) is 5.01 Å². The van der Waals surface area contributed by atoms with Crippen molar-refractivity contribution in [3.8, 4) is 5.75 Å². The number of methoxy groups -OCH3 is 1. The fourth-order valence-electron chi connectivity index (χ4n) is 2.60. The van der Waals surface area contributed by atoms with Gasteiger partial charge in [0.2, 0.25) is 0 Å². The summed E-state index contributed by atoms with van der Waals surface area (Å²) in [6.45, 7) is 2.14. The first-order valence-electron chi connectivity index (χ1n) is 6.17. The standard InChI is InChI=1S/C15H16N2O/c1-4-12-10-8-9-14(18-3)11-6-5-7-13(15(10)11)17(2)16-12/h5-9H,4H2,1-3H3. The van der Waals surface area contributed by atoms with Gasteiger partial charge < -0.3 is 4.74 Å². The fraction of sp³-hybridized carbons (Fsp3) is 0.267. The molecule has 0 aromatic heterocycles. The van der Waals surface area contributed by atoms with E-state index in [0.29, 0.717) is 0 Å². The first kappa shape index (κ1) is 11.1. The van der Waals surface area contributed by atoms with Gasteiger partial charge in [0.15, 0.2) is 0 Å². The first-order chi connectivity index (χ1) is 8.76. The SMILES string of the molecule is CCC1=NN(C)c2cccc3c(OC)ccc1c23. The summed E-state index contributed by atoms with van der Waals surface area (Å²) in [5.74, 6) is 0.918. The minimum absolute atomic E-state index is 0.918. The predicted molar refractivity (Wildman–Crippen MR) is 75.7 cm³/mol. The summed E-state index contributed by atoms with van der Waals surface area (Å²) < 4.78 is 5.45. The van der Waals surface area contributed by atoms with Gasteiger partial charge in [0.25, 0.3) is 0 Å². The van der Waals surface area contributed by atoms with Crippen LogP contribution >= 0.6 is 0 Å². The summed E-state index contributed by atoms with van der Waals surface area (Å²) in [6, 6.07) is 10.4. The van der Waals surface area contributed by atoms with E-state index in [0.717, 1.165) is 29.0 Å². The summed E-state index contributed by atoms with van der Waals surface area (Å²) >= 11 is 0. The molecular weight excluding hydrogens is 224 g/mol. The number of hydrazone groups is 1. The Bertz CT molecular complexity index is 646. The molecule has 1 aliphatic heterocycles. The molecule has 92 valence electrons. The number of hydrogen-bond acceptors (Lipinski definition) is 3. The number of hydrogen-bond donors (Lipinski definition) is 0. The molecule has 0 saturated heterocycles. The Hall–Kier alpha value is -2.03. The number of rotatable bonds is 2. The van der Waals surface area contributed by atoms with Gasteiger partial charge in [0, 0.05) is 23.4 Å². The van der Waals surface area contributed by atoms with Gasteiger partial charge in [0.1, 0.15) is 5.75 Å². The van der Waals surface area contributed by atoms with E-state index >= 15 is 0 Å². The zero-order valence-electron chi connectivity index (χ0n) is 10.9. The third-order valence-corrected chi connectivity index (χ3v) is 3.46. The lowest BCUT2D eigenvalue weighted by Crippen LogP contribution is -2.19. The van der Waals surface area contributed by atoms with Gasteiger partial charge in [0.05, 0.1) is 18.5 Å². The van der Waals surface area contributed by atoms with Crippen molar-refractivity contribution < 1.29 is 4.74 Å². The van der Waals surface area contributed by atoms with Gasteiger partial charge in [-0.15, -0.1) is 0 Å². The molecule has 0 N–H and O–H groups in total. The van der Waals surface area contributed by atoms with Crippen molar-refractivity contribution in [3.63, 3.8) is 0 Å². The van der Waals surface area contributed by atoms with Crippen LogP contribution in [0.5, 0.6) is 5.75 Å². The highest BCUT2D eigenvalue weighted by Crippen LogP contribution is 2.38. The molecule has 0 amide bonds. The van der Waals surface area contributed by atoms with Crippen molar-refractivity contribution in [2.45, 2.75) is 13.3 Å². The molecule has 1 heterocycles. The highest BCUT2D eigenvalue weighted by Gasteiger charge is 2.20. The normalized spacial score (nSPS) is 13.7. The van der Waals surface area contributed by atoms with E-state index < -0.39 is 0 Å². The zero-order chi connectivity index (χ0) is 12.7. The van der Waals surface area contributed by atoms with Gasteiger partial charge in [-0.1, -0.05) is 19.1 Å². The highest BCUT2D eigenvalue weighted by molar-refractivity contribution is 6.18. The Labute approximate surface area is 107 Å². The Morgan fingerprint density at radius 2 is 2.06 bits per heavy atom. The summed E-state index contributed by atoms with van der Waals surface area (Å²) in [7, 11) is 3.71. The van der Waals surface area contributed by atoms with Crippen LogP contribution < -0.4 is 9.75 Å². The van der Waals surface area contributed by atoms with E-state index in [1.54, 1.807) is 7.11 Å². The first-order valence-corrected chi connectivity index (χ1v) is 6.17. The van der Waals surface area contributed by atoms with E-state index in [2.05, 4.69) is 30.2 Å². The fourth-order valence-corrected chi connectivity index (χ4v) is 2.60. The van der Waals surface area contributed by atoms with Gasteiger partial charge in [-0.25, -0.2) is 0 Å². The Morgan fingerprint density at radius 3 is 2.78 bits per heavy atom. The third kappa shape index (κ3) is 1.40. The molecule has 3 nitrogen and oxygen atoms in total. The molecule has 1 aliphatic rings. The molecular formula is C15H16N2O. The molecule has 0 atom stereocenters. The summed E-state index contributed by atoms with van der Waals surface area (Å²) in [6.07, 6.45) is 0.931. The van der Waals surface area contributed by atoms with Crippen LogP contribution in [0.15, 0.2) is 35.4 Å². The number of nitrogens with zero attached hydrogens (tertiary/aromatic N) is 2. The van der Waals surface area contributed by atoms with E-state index in [-0.39, 0.29) is 0 Å². The van der Waals surface area contributed by atoms with E-state index in [9.17, 15) is 0 Å². The monoisotopic (exact) mass is 240 g/mol. The second-order valence-corrected chi connectivity index (χ2v) is 4.44. The molecule has 0 fully saturated rings. The largest absolute Gasteiger partial charge is 0.496 e. The molecule has 0 aliphatic carbocycles. The van der Waals surface area contributed by atoms with Crippen LogP contribution in [-0.2, 0) is 0 Å². The van der Waals surface area contributed by atoms with Crippen molar-refractivity contribution in [2.75, 3.05) is 19.2 Å². The second kappa shape index (κ2) is 4.02. The summed E-state index contributed by atoms with van der Waals surface area (Å²) in [4.78, 5) is 0. The minimum Gasteiger partial charge on any atom is -0.496 e. The van der Waals surface area contributed by atoms with Crippen LogP contribution in [0.1, 0.15) is 18.9 Å².